The van der Waals surface area contributed by atoms with Gasteiger partial charge < -0.3 is 9.47 Å². The van der Waals surface area contributed by atoms with Gasteiger partial charge in [0.25, 0.3) is 0 Å². The van der Waals surface area contributed by atoms with Crippen molar-refractivity contribution in [3.8, 4) is 11.4 Å². The van der Waals surface area contributed by atoms with Crippen LogP contribution in [0, 0.1) is 0 Å². The largest absolute Gasteiger partial charge is 0.497 e. The Balaban J connectivity index is 1.92. The van der Waals surface area contributed by atoms with Gasteiger partial charge in [0, 0.05) is 28.3 Å². The molecule has 5 nitrogen and oxygen atoms in total. The Kier molecular flexibility index (Phi) is 5.79. The van der Waals surface area contributed by atoms with E-state index in [4.69, 9.17) is 14.5 Å². The van der Waals surface area contributed by atoms with E-state index in [0.29, 0.717) is 18.5 Å². The third kappa shape index (κ3) is 3.82. The van der Waals surface area contributed by atoms with E-state index >= 15 is 0 Å². The zero-order valence-electron chi connectivity index (χ0n) is 17.8. The lowest BCUT2D eigenvalue weighted by Crippen LogP contribution is -2.37. The van der Waals surface area contributed by atoms with Crippen molar-refractivity contribution in [1.29, 1.82) is 0 Å². The van der Waals surface area contributed by atoms with Crippen LogP contribution in [-0.2, 0) is 17.8 Å². The molecule has 158 valence electrons. The monoisotopic (exact) mass is 442 g/mol. The fourth-order valence-corrected chi connectivity index (χ4v) is 5.58. The first-order valence-electron chi connectivity index (χ1n) is 9.98. The van der Waals surface area contributed by atoms with Crippen LogP contribution < -0.4 is 10.2 Å². The number of benzene rings is 1. The highest BCUT2D eigenvalue weighted by Crippen LogP contribution is 2.36. The molecule has 1 aliphatic rings. The molecule has 0 bridgehead atoms. The first-order chi connectivity index (χ1) is 14.3. The summed E-state index contributed by atoms with van der Waals surface area (Å²) in [6.07, 6.45) is 1.50. The number of ether oxygens (including phenoxy) is 2. The number of rotatable bonds is 6. The maximum Gasteiger partial charge on any atom is 0.211 e. The summed E-state index contributed by atoms with van der Waals surface area (Å²) < 4.78 is 13.5. The van der Waals surface area contributed by atoms with Crippen molar-refractivity contribution in [3.05, 3.63) is 57.1 Å². The van der Waals surface area contributed by atoms with Crippen LogP contribution in [-0.4, -0.2) is 28.0 Å². The van der Waals surface area contributed by atoms with E-state index in [1.54, 1.807) is 30.2 Å². The van der Waals surface area contributed by atoms with Gasteiger partial charge in [-0.15, -0.1) is 11.3 Å². The van der Waals surface area contributed by atoms with E-state index < -0.39 is 0 Å². The zero-order valence-corrected chi connectivity index (χ0v) is 19.4. The van der Waals surface area contributed by atoms with Crippen LogP contribution in [0.2, 0.25) is 0 Å². The first-order valence-corrected chi connectivity index (χ1v) is 11.8. The highest BCUT2D eigenvalue weighted by Gasteiger charge is 2.33. The van der Waals surface area contributed by atoms with Gasteiger partial charge in [0.1, 0.15) is 16.1 Å². The van der Waals surface area contributed by atoms with Gasteiger partial charge in [-0.25, -0.2) is 4.98 Å². The van der Waals surface area contributed by atoms with Gasteiger partial charge in [0.15, 0.2) is 5.16 Å². The third-order valence-electron chi connectivity index (χ3n) is 5.48. The topological polar surface area (TPSA) is 53.4 Å². The summed E-state index contributed by atoms with van der Waals surface area (Å²) in [5.41, 5.74) is 3.16. The van der Waals surface area contributed by atoms with Crippen LogP contribution in [0.15, 0.2) is 46.4 Å². The summed E-state index contributed by atoms with van der Waals surface area (Å²) in [7, 11) is 1.65. The summed E-state index contributed by atoms with van der Waals surface area (Å²) in [4.78, 5) is 20.1. The molecule has 3 heterocycles. The lowest BCUT2D eigenvalue weighted by Gasteiger charge is -2.33. The molecule has 0 N–H and O–H groups in total. The number of thioether (sulfide) groups is 1. The molecular formula is C23H26N2O3S2. The van der Waals surface area contributed by atoms with Gasteiger partial charge in [-0.05, 0) is 44.5 Å². The Labute approximate surface area is 184 Å². The molecule has 7 heteroatoms. The second-order valence-electron chi connectivity index (χ2n) is 7.93. The van der Waals surface area contributed by atoms with Crippen LogP contribution in [0.3, 0.4) is 0 Å². The van der Waals surface area contributed by atoms with Crippen molar-refractivity contribution in [1.82, 2.24) is 9.55 Å². The number of hydrogen-bond acceptors (Lipinski definition) is 6. The maximum absolute atomic E-state index is 13.4. The molecule has 0 amide bonds. The predicted molar refractivity (Wildman–Crippen MR) is 124 cm³/mol. The number of aromatic nitrogens is 2. The standard InChI is InChI=1S/C23H26N2O3S2/c1-6-23(4)11-17-18(12-28-23)30-21-19(20(17)26)24-22(29-13-14(2)3)25(21)15-7-9-16(27-5)10-8-15/h7-10H,2,6,11-13H2,1,3-5H3. The number of fused-ring (bicyclic) bond motifs is 2. The molecular weight excluding hydrogens is 416 g/mol. The van der Waals surface area contributed by atoms with Crippen LogP contribution in [0.1, 0.15) is 37.6 Å². The van der Waals surface area contributed by atoms with Crippen molar-refractivity contribution in [2.75, 3.05) is 12.9 Å². The molecule has 1 aliphatic heterocycles. The molecule has 4 rings (SSSR count). The van der Waals surface area contributed by atoms with Gasteiger partial charge in [0.05, 0.1) is 19.3 Å². The summed E-state index contributed by atoms with van der Waals surface area (Å²) in [6, 6.07) is 7.83. The number of imidazole rings is 1. The lowest BCUT2D eigenvalue weighted by atomic mass is 9.91. The molecule has 30 heavy (non-hydrogen) atoms. The molecule has 1 unspecified atom stereocenters. The van der Waals surface area contributed by atoms with Crippen molar-refractivity contribution in [2.24, 2.45) is 0 Å². The molecule has 0 spiro atoms. The highest BCUT2D eigenvalue weighted by atomic mass is 32.2. The second kappa shape index (κ2) is 8.21. The quantitative estimate of drug-likeness (QED) is 0.380. The molecule has 1 aromatic carbocycles. The van der Waals surface area contributed by atoms with E-state index in [9.17, 15) is 4.79 Å². The Hall–Kier alpha value is -2.09. The van der Waals surface area contributed by atoms with Crippen LogP contribution in [0.5, 0.6) is 5.75 Å². The van der Waals surface area contributed by atoms with Crippen molar-refractivity contribution in [2.45, 2.75) is 51.0 Å². The molecule has 3 aromatic rings. The van der Waals surface area contributed by atoms with Gasteiger partial charge in [-0.2, -0.15) is 0 Å². The summed E-state index contributed by atoms with van der Waals surface area (Å²) >= 11 is 3.21. The summed E-state index contributed by atoms with van der Waals surface area (Å²) in [6.45, 7) is 10.6. The fourth-order valence-electron chi connectivity index (χ4n) is 3.51. The molecule has 0 radical (unpaired) electrons. The van der Waals surface area contributed by atoms with E-state index in [-0.39, 0.29) is 11.0 Å². The van der Waals surface area contributed by atoms with Gasteiger partial charge >= 0.3 is 0 Å². The highest BCUT2D eigenvalue weighted by molar-refractivity contribution is 7.99. The SMILES string of the molecule is C=C(C)CSc1nc2c(=O)c3c(sc2n1-c1ccc(OC)cc1)COC(C)(CC)C3. The normalized spacial score (nSPS) is 18.4. The number of hydrogen-bond donors (Lipinski definition) is 0. The van der Waals surface area contributed by atoms with E-state index in [1.807, 2.05) is 31.2 Å². The Bertz CT molecular complexity index is 1160. The molecule has 2 aromatic heterocycles. The molecule has 1 atom stereocenters. The molecule has 0 fully saturated rings. The van der Waals surface area contributed by atoms with E-state index in [1.165, 1.54) is 0 Å². The summed E-state index contributed by atoms with van der Waals surface area (Å²) in [5.74, 6) is 1.53. The fraction of sp³-hybridized carbons (Fsp3) is 0.391. The Morgan fingerprint density at radius 1 is 1.40 bits per heavy atom. The average molecular weight is 443 g/mol. The number of nitrogens with zero attached hydrogens (tertiary/aromatic N) is 2. The van der Waals surface area contributed by atoms with E-state index in [0.717, 1.165) is 49.6 Å². The lowest BCUT2D eigenvalue weighted by molar-refractivity contribution is -0.0550. The van der Waals surface area contributed by atoms with Gasteiger partial charge in [0.2, 0.25) is 5.43 Å². The summed E-state index contributed by atoms with van der Waals surface area (Å²) in [5, 5.41) is 0.799. The first kappa shape index (κ1) is 21.2. The maximum atomic E-state index is 13.4. The average Bonchev–Trinajstić information content (AvgIpc) is 3.11. The van der Waals surface area contributed by atoms with Crippen LogP contribution in [0.4, 0.5) is 0 Å². The minimum atomic E-state index is -0.289. The Morgan fingerprint density at radius 3 is 2.77 bits per heavy atom. The van der Waals surface area contributed by atoms with Gasteiger partial charge in [-0.1, -0.05) is 30.8 Å². The second-order valence-corrected chi connectivity index (χ2v) is 9.96. The minimum Gasteiger partial charge on any atom is -0.497 e. The van der Waals surface area contributed by atoms with E-state index in [2.05, 4.69) is 25.0 Å². The third-order valence-corrected chi connectivity index (χ3v) is 7.83. The molecule has 0 aliphatic carbocycles. The predicted octanol–water partition coefficient (Wildman–Crippen LogP) is 5.37. The van der Waals surface area contributed by atoms with Crippen molar-refractivity contribution < 1.29 is 9.47 Å². The number of methoxy groups -OCH3 is 1. The molecule has 0 saturated carbocycles. The minimum absolute atomic E-state index is 0.0335. The molecule has 0 saturated heterocycles. The Morgan fingerprint density at radius 2 is 2.13 bits per heavy atom. The van der Waals surface area contributed by atoms with Crippen LogP contribution >= 0.6 is 23.1 Å². The van der Waals surface area contributed by atoms with Crippen molar-refractivity contribution in [3.63, 3.8) is 0 Å². The van der Waals surface area contributed by atoms with Crippen LogP contribution in [0.25, 0.3) is 16.0 Å². The smallest absolute Gasteiger partial charge is 0.211 e. The van der Waals surface area contributed by atoms with Gasteiger partial charge in [-0.3, -0.25) is 9.36 Å². The van der Waals surface area contributed by atoms with Crippen molar-refractivity contribution >= 4 is 33.4 Å². The zero-order chi connectivity index (χ0) is 21.5.